The largest absolute Gasteiger partial charge is 0.340 e. The molecule has 1 saturated heterocycles. The third-order valence-corrected chi connectivity index (χ3v) is 4.99. The Morgan fingerprint density at radius 1 is 1.05 bits per heavy atom. The lowest BCUT2D eigenvalue weighted by Crippen LogP contribution is -2.50. The fourth-order valence-corrected chi connectivity index (χ4v) is 3.60. The van der Waals surface area contributed by atoms with E-state index in [1.54, 1.807) is 6.07 Å². The number of rotatable bonds is 3. The number of carbonyl (C=O) groups is 1. The van der Waals surface area contributed by atoms with Gasteiger partial charge in [-0.15, -0.1) is 0 Å². The van der Waals surface area contributed by atoms with E-state index >= 15 is 0 Å². The van der Waals surface area contributed by atoms with Gasteiger partial charge in [0, 0.05) is 44.2 Å². The van der Waals surface area contributed by atoms with Crippen molar-refractivity contribution in [1.29, 1.82) is 0 Å². The summed E-state index contributed by atoms with van der Waals surface area (Å²) in [6.07, 6.45) is 5.80. The first-order chi connectivity index (χ1) is 10.7. The van der Waals surface area contributed by atoms with Gasteiger partial charge in [0.25, 0.3) is 0 Å². The highest BCUT2D eigenvalue weighted by Gasteiger charge is 2.28. The highest BCUT2D eigenvalue weighted by molar-refractivity contribution is 5.79. The summed E-state index contributed by atoms with van der Waals surface area (Å²) in [6, 6.07) is 6.95. The number of hydrogen-bond donors (Lipinski definition) is 0. The standard InChI is InChI=1S/C18H25FN2O/c19-17-9-5-4-8-16(17)14-20-10-12-21(13-11-20)18(22)15-6-2-1-3-7-15/h4-5,8-9,15H,1-3,6-7,10-14H2. The van der Waals surface area contributed by atoms with E-state index < -0.39 is 0 Å². The topological polar surface area (TPSA) is 23.6 Å². The van der Waals surface area contributed by atoms with Gasteiger partial charge in [-0.2, -0.15) is 0 Å². The van der Waals surface area contributed by atoms with Crippen molar-refractivity contribution in [2.24, 2.45) is 5.92 Å². The van der Waals surface area contributed by atoms with Crippen LogP contribution in [0, 0.1) is 11.7 Å². The molecule has 1 aliphatic heterocycles. The molecule has 120 valence electrons. The summed E-state index contributed by atoms with van der Waals surface area (Å²) in [5, 5.41) is 0. The normalized spacial score (nSPS) is 21.0. The van der Waals surface area contributed by atoms with Gasteiger partial charge in [-0.3, -0.25) is 9.69 Å². The van der Waals surface area contributed by atoms with E-state index in [1.165, 1.54) is 25.3 Å². The average molecular weight is 304 g/mol. The molecule has 1 aromatic carbocycles. The number of nitrogens with zero attached hydrogens (tertiary/aromatic N) is 2. The Morgan fingerprint density at radius 3 is 2.41 bits per heavy atom. The zero-order valence-corrected chi connectivity index (χ0v) is 13.1. The number of piperazine rings is 1. The fourth-order valence-electron chi connectivity index (χ4n) is 3.60. The molecule has 0 spiro atoms. The first-order valence-electron chi connectivity index (χ1n) is 8.48. The van der Waals surface area contributed by atoms with E-state index in [9.17, 15) is 9.18 Å². The molecule has 0 aromatic heterocycles. The van der Waals surface area contributed by atoms with Crippen LogP contribution >= 0.6 is 0 Å². The lowest BCUT2D eigenvalue weighted by molar-refractivity contribution is -0.138. The van der Waals surface area contributed by atoms with Gasteiger partial charge in [0.2, 0.25) is 5.91 Å². The number of amides is 1. The number of benzene rings is 1. The minimum Gasteiger partial charge on any atom is -0.340 e. The molecular weight excluding hydrogens is 279 g/mol. The van der Waals surface area contributed by atoms with Gasteiger partial charge in [0.1, 0.15) is 5.82 Å². The maximum atomic E-state index is 13.7. The molecule has 1 amide bonds. The number of carbonyl (C=O) groups excluding carboxylic acids is 1. The predicted octanol–water partition coefficient (Wildman–Crippen LogP) is 3.05. The lowest BCUT2D eigenvalue weighted by Gasteiger charge is -2.37. The van der Waals surface area contributed by atoms with E-state index in [1.807, 2.05) is 17.0 Å². The second kappa shape index (κ2) is 7.23. The Labute approximate surface area is 132 Å². The van der Waals surface area contributed by atoms with Crippen molar-refractivity contribution in [2.45, 2.75) is 38.6 Å². The Balaban J connectivity index is 1.50. The van der Waals surface area contributed by atoms with E-state index in [-0.39, 0.29) is 11.7 Å². The molecule has 0 radical (unpaired) electrons. The molecule has 4 heteroatoms. The molecule has 2 fully saturated rings. The van der Waals surface area contributed by atoms with Crippen molar-refractivity contribution in [3.8, 4) is 0 Å². The van der Waals surface area contributed by atoms with Crippen molar-refractivity contribution < 1.29 is 9.18 Å². The summed E-state index contributed by atoms with van der Waals surface area (Å²) in [5.41, 5.74) is 0.745. The maximum Gasteiger partial charge on any atom is 0.225 e. The molecule has 1 saturated carbocycles. The van der Waals surface area contributed by atoms with E-state index in [4.69, 9.17) is 0 Å². The summed E-state index contributed by atoms with van der Waals surface area (Å²) < 4.78 is 13.7. The predicted molar refractivity (Wildman–Crippen MR) is 84.8 cm³/mol. The van der Waals surface area contributed by atoms with Crippen molar-refractivity contribution in [3.05, 3.63) is 35.6 Å². The van der Waals surface area contributed by atoms with E-state index in [0.29, 0.717) is 12.5 Å². The van der Waals surface area contributed by atoms with Gasteiger partial charge >= 0.3 is 0 Å². The molecular formula is C18H25FN2O. The van der Waals surface area contributed by atoms with Crippen LogP contribution in [-0.2, 0) is 11.3 Å². The Morgan fingerprint density at radius 2 is 1.73 bits per heavy atom. The van der Waals surface area contributed by atoms with Crippen LogP contribution in [0.1, 0.15) is 37.7 Å². The molecule has 22 heavy (non-hydrogen) atoms. The third-order valence-electron chi connectivity index (χ3n) is 4.99. The van der Waals surface area contributed by atoms with Gasteiger partial charge in [0.15, 0.2) is 0 Å². The van der Waals surface area contributed by atoms with Crippen molar-refractivity contribution in [3.63, 3.8) is 0 Å². The summed E-state index contributed by atoms with van der Waals surface area (Å²) in [6.45, 7) is 3.88. The van der Waals surface area contributed by atoms with Crippen LogP contribution in [0.4, 0.5) is 4.39 Å². The van der Waals surface area contributed by atoms with Gasteiger partial charge in [-0.1, -0.05) is 37.5 Å². The minimum absolute atomic E-state index is 0.136. The Bertz CT molecular complexity index is 506. The Kier molecular flexibility index (Phi) is 5.08. The van der Waals surface area contributed by atoms with Crippen molar-refractivity contribution >= 4 is 5.91 Å². The molecule has 2 aliphatic rings. The number of hydrogen-bond acceptors (Lipinski definition) is 2. The highest BCUT2D eigenvalue weighted by atomic mass is 19.1. The van der Waals surface area contributed by atoms with Gasteiger partial charge in [-0.25, -0.2) is 4.39 Å². The van der Waals surface area contributed by atoms with Gasteiger partial charge in [-0.05, 0) is 18.9 Å². The molecule has 0 N–H and O–H groups in total. The van der Waals surface area contributed by atoms with Crippen LogP contribution in [-0.4, -0.2) is 41.9 Å². The summed E-state index contributed by atoms with van der Waals surface area (Å²) >= 11 is 0. The fraction of sp³-hybridized carbons (Fsp3) is 0.611. The summed E-state index contributed by atoms with van der Waals surface area (Å²) in [5.74, 6) is 0.473. The summed E-state index contributed by atoms with van der Waals surface area (Å²) in [7, 11) is 0. The zero-order valence-electron chi connectivity index (χ0n) is 13.1. The zero-order chi connectivity index (χ0) is 15.4. The second-order valence-electron chi connectivity index (χ2n) is 6.53. The van der Waals surface area contributed by atoms with E-state index in [0.717, 1.165) is 44.6 Å². The average Bonchev–Trinajstić information content (AvgIpc) is 2.58. The van der Waals surface area contributed by atoms with Crippen LogP contribution in [0.15, 0.2) is 24.3 Å². The molecule has 1 aliphatic carbocycles. The van der Waals surface area contributed by atoms with Gasteiger partial charge in [0.05, 0.1) is 0 Å². The van der Waals surface area contributed by atoms with Crippen LogP contribution in [0.5, 0.6) is 0 Å². The minimum atomic E-state index is -0.136. The monoisotopic (exact) mass is 304 g/mol. The lowest BCUT2D eigenvalue weighted by atomic mass is 9.88. The maximum absolute atomic E-state index is 13.7. The molecule has 1 heterocycles. The van der Waals surface area contributed by atoms with Crippen molar-refractivity contribution in [2.75, 3.05) is 26.2 Å². The molecule has 3 nitrogen and oxygen atoms in total. The quantitative estimate of drug-likeness (QED) is 0.857. The molecule has 1 aromatic rings. The van der Waals surface area contributed by atoms with Crippen LogP contribution in [0.25, 0.3) is 0 Å². The molecule has 0 atom stereocenters. The first-order valence-corrected chi connectivity index (χ1v) is 8.48. The Hall–Kier alpha value is -1.42. The smallest absolute Gasteiger partial charge is 0.225 e. The molecule has 0 bridgehead atoms. The molecule has 3 rings (SSSR count). The number of halogens is 1. The van der Waals surface area contributed by atoms with Crippen LogP contribution < -0.4 is 0 Å². The summed E-state index contributed by atoms with van der Waals surface area (Å²) in [4.78, 5) is 16.8. The first kappa shape index (κ1) is 15.5. The second-order valence-corrected chi connectivity index (χ2v) is 6.53. The third kappa shape index (κ3) is 3.67. The van der Waals surface area contributed by atoms with Crippen LogP contribution in [0.3, 0.4) is 0 Å². The SMILES string of the molecule is O=C(C1CCCCC1)N1CCN(Cc2ccccc2F)CC1. The van der Waals surface area contributed by atoms with Crippen molar-refractivity contribution in [1.82, 2.24) is 9.80 Å². The van der Waals surface area contributed by atoms with Crippen LogP contribution in [0.2, 0.25) is 0 Å². The highest BCUT2D eigenvalue weighted by Crippen LogP contribution is 2.26. The van der Waals surface area contributed by atoms with E-state index in [2.05, 4.69) is 4.90 Å². The molecule has 0 unspecified atom stereocenters. The van der Waals surface area contributed by atoms with Gasteiger partial charge < -0.3 is 4.90 Å².